The maximum absolute atomic E-state index is 12.2. The molecular weight excluding hydrogens is 268 g/mol. The molecule has 5 nitrogen and oxygen atoms in total. The van der Waals surface area contributed by atoms with Crippen molar-refractivity contribution in [3.05, 3.63) is 65.2 Å². The van der Waals surface area contributed by atoms with Gasteiger partial charge in [-0.15, -0.1) is 0 Å². The van der Waals surface area contributed by atoms with Crippen LogP contribution in [0, 0.1) is 6.92 Å². The van der Waals surface area contributed by atoms with E-state index in [2.05, 4.69) is 10.6 Å². The number of amides is 2. The Morgan fingerprint density at radius 2 is 2.00 bits per heavy atom. The quantitative estimate of drug-likeness (QED) is 0.845. The smallest absolute Gasteiger partial charge is 0.267 e. The normalized spacial score (nSPS) is 11.0. The van der Waals surface area contributed by atoms with Crippen molar-refractivity contribution in [3.8, 4) is 0 Å². The van der Waals surface area contributed by atoms with E-state index in [1.54, 1.807) is 30.3 Å². The molecule has 5 heteroatoms. The van der Waals surface area contributed by atoms with Gasteiger partial charge in [0.15, 0.2) is 0 Å². The van der Waals surface area contributed by atoms with Crippen LogP contribution in [0.2, 0.25) is 0 Å². The Kier molecular flexibility index (Phi) is 4.56. The highest BCUT2D eigenvalue weighted by Gasteiger charge is 2.14. The predicted octanol–water partition coefficient (Wildman–Crippen LogP) is 2.10. The van der Waals surface area contributed by atoms with Crippen molar-refractivity contribution < 1.29 is 14.0 Å². The Morgan fingerprint density at radius 3 is 2.62 bits per heavy atom. The van der Waals surface area contributed by atoms with Crippen LogP contribution in [-0.4, -0.2) is 18.9 Å². The summed E-state index contributed by atoms with van der Waals surface area (Å²) in [6.07, 6.45) is 2.97. The molecule has 0 aliphatic rings. The van der Waals surface area contributed by atoms with E-state index in [-0.39, 0.29) is 11.6 Å². The van der Waals surface area contributed by atoms with Crippen molar-refractivity contribution in [1.29, 1.82) is 0 Å². The lowest BCUT2D eigenvalue weighted by Crippen LogP contribution is -2.33. The van der Waals surface area contributed by atoms with Crippen molar-refractivity contribution in [1.82, 2.24) is 10.6 Å². The lowest BCUT2D eigenvalue weighted by molar-refractivity contribution is -0.117. The molecule has 108 valence electrons. The molecule has 0 atom stereocenters. The number of hydrogen-bond acceptors (Lipinski definition) is 3. The summed E-state index contributed by atoms with van der Waals surface area (Å²) < 4.78 is 5.16. The van der Waals surface area contributed by atoms with Gasteiger partial charge in [-0.25, -0.2) is 0 Å². The van der Waals surface area contributed by atoms with Crippen LogP contribution in [0.5, 0.6) is 0 Å². The fraction of sp³-hybridized carbons (Fsp3) is 0.125. The second-order valence-electron chi connectivity index (χ2n) is 4.48. The number of carbonyl (C=O) groups excluding carboxylic acids is 2. The van der Waals surface area contributed by atoms with Gasteiger partial charge in [0, 0.05) is 18.7 Å². The van der Waals surface area contributed by atoms with Gasteiger partial charge in [0.2, 0.25) is 0 Å². The number of likely N-dealkylation sites (N-methyl/N-ethyl adjacent to an activating group) is 1. The molecule has 2 amide bonds. The molecule has 0 bridgehead atoms. The number of hydrogen-bond donors (Lipinski definition) is 2. The van der Waals surface area contributed by atoms with Crippen molar-refractivity contribution in [3.63, 3.8) is 0 Å². The van der Waals surface area contributed by atoms with Crippen LogP contribution in [0.4, 0.5) is 0 Å². The van der Waals surface area contributed by atoms with E-state index in [0.717, 1.165) is 5.56 Å². The van der Waals surface area contributed by atoms with Gasteiger partial charge in [-0.2, -0.15) is 0 Å². The molecule has 0 aliphatic heterocycles. The van der Waals surface area contributed by atoms with Crippen molar-refractivity contribution in [2.24, 2.45) is 0 Å². The molecule has 1 aromatic heterocycles. The predicted molar refractivity (Wildman–Crippen MR) is 79.4 cm³/mol. The zero-order chi connectivity index (χ0) is 15.2. The maximum Gasteiger partial charge on any atom is 0.267 e. The Hall–Kier alpha value is -2.82. The van der Waals surface area contributed by atoms with Crippen LogP contribution in [0.15, 0.2) is 52.8 Å². The number of rotatable bonds is 4. The average molecular weight is 284 g/mol. The molecule has 2 rings (SSSR count). The molecule has 0 saturated heterocycles. The van der Waals surface area contributed by atoms with Gasteiger partial charge in [-0.3, -0.25) is 9.59 Å². The van der Waals surface area contributed by atoms with Gasteiger partial charge in [-0.1, -0.05) is 17.7 Å². The summed E-state index contributed by atoms with van der Waals surface area (Å²) in [5.41, 5.74) is 1.59. The summed E-state index contributed by atoms with van der Waals surface area (Å²) in [7, 11) is 1.50. The molecule has 2 aromatic rings. The third kappa shape index (κ3) is 3.82. The van der Waals surface area contributed by atoms with Crippen LogP contribution >= 0.6 is 0 Å². The van der Waals surface area contributed by atoms with Crippen LogP contribution in [-0.2, 0) is 4.79 Å². The van der Waals surface area contributed by atoms with Crippen molar-refractivity contribution in [2.45, 2.75) is 6.92 Å². The number of nitrogens with one attached hydrogen (secondary N) is 2. The Labute approximate surface area is 122 Å². The van der Waals surface area contributed by atoms with E-state index in [1.807, 2.05) is 13.0 Å². The van der Waals surface area contributed by atoms with E-state index in [4.69, 9.17) is 4.42 Å². The zero-order valence-corrected chi connectivity index (χ0v) is 11.8. The molecule has 1 aromatic carbocycles. The first-order valence-electron chi connectivity index (χ1n) is 6.45. The van der Waals surface area contributed by atoms with Gasteiger partial charge in [-0.05, 0) is 31.2 Å². The summed E-state index contributed by atoms with van der Waals surface area (Å²) in [4.78, 5) is 24.0. The monoisotopic (exact) mass is 284 g/mol. The minimum atomic E-state index is -0.396. The van der Waals surface area contributed by atoms with Crippen LogP contribution in [0.1, 0.15) is 21.7 Å². The number of carbonyl (C=O) groups is 2. The first-order valence-corrected chi connectivity index (χ1v) is 6.45. The van der Waals surface area contributed by atoms with Gasteiger partial charge < -0.3 is 15.1 Å². The van der Waals surface area contributed by atoms with E-state index < -0.39 is 5.91 Å². The average Bonchev–Trinajstić information content (AvgIpc) is 2.98. The van der Waals surface area contributed by atoms with Crippen LogP contribution in [0.25, 0.3) is 6.08 Å². The van der Waals surface area contributed by atoms with Crippen LogP contribution < -0.4 is 10.6 Å². The molecule has 1 heterocycles. The zero-order valence-electron chi connectivity index (χ0n) is 11.8. The minimum Gasteiger partial charge on any atom is -0.465 e. The van der Waals surface area contributed by atoms with Gasteiger partial charge >= 0.3 is 0 Å². The SMILES string of the molecule is CNC(=O)/C(=C/c1ccco1)NC(=O)c1cccc(C)c1. The molecule has 2 N–H and O–H groups in total. The summed E-state index contributed by atoms with van der Waals surface area (Å²) in [5.74, 6) is -0.259. The number of benzene rings is 1. The molecule has 0 fully saturated rings. The minimum absolute atomic E-state index is 0.124. The van der Waals surface area contributed by atoms with Crippen molar-refractivity contribution in [2.75, 3.05) is 7.05 Å². The summed E-state index contributed by atoms with van der Waals surface area (Å²) in [6.45, 7) is 1.90. The topological polar surface area (TPSA) is 71.3 Å². The third-order valence-electron chi connectivity index (χ3n) is 2.83. The highest BCUT2D eigenvalue weighted by molar-refractivity contribution is 6.05. The standard InChI is InChI=1S/C16H16N2O3/c1-11-5-3-6-12(9-11)15(19)18-14(16(20)17-2)10-13-7-4-8-21-13/h3-10H,1-2H3,(H,17,20)(H,18,19)/b14-10-. The Bertz CT molecular complexity index is 673. The first kappa shape index (κ1) is 14.6. The van der Waals surface area contributed by atoms with Gasteiger partial charge in [0.05, 0.1) is 6.26 Å². The van der Waals surface area contributed by atoms with E-state index in [1.165, 1.54) is 19.4 Å². The van der Waals surface area contributed by atoms with Crippen LogP contribution in [0.3, 0.4) is 0 Å². The largest absolute Gasteiger partial charge is 0.465 e. The Morgan fingerprint density at radius 1 is 1.19 bits per heavy atom. The lowest BCUT2D eigenvalue weighted by Gasteiger charge is -2.08. The van der Waals surface area contributed by atoms with E-state index in [0.29, 0.717) is 11.3 Å². The summed E-state index contributed by atoms with van der Waals surface area (Å²) in [6, 6.07) is 10.5. The number of furan rings is 1. The second kappa shape index (κ2) is 6.56. The van der Waals surface area contributed by atoms with E-state index >= 15 is 0 Å². The Balaban J connectivity index is 2.23. The molecule has 0 radical (unpaired) electrons. The van der Waals surface area contributed by atoms with Gasteiger partial charge in [0.1, 0.15) is 11.5 Å². The molecule has 0 unspecified atom stereocenters. The molecular formula is C16H16N2O3. The highest BCUT2D eigenvalue weighted by Crippen LogP contribution is 2.08. The van der Waals surface area contributed by atoms with Crippen molar-refractivity contribution >= 4 is 17.9 Å². The van der Waals surface area contributed by atoms with E-state index in [9.17, 15) is 9.59 Å². The first-order chi connectivity index (χ1) is 10.1. The molecule has 0 aliphatic carbocycles. The van der Waals surface area contributed by atoms with Gasteiger partial charge in [0.25, 0.3) is 11.8 Å². The summed E-state index contributed by atoms with van der Waals surface area (Å²) in [5, 5.41) is 5.08. The number of aryl methyl sites for hydroxylation is 1. The molecule has 0 spiro atoms. The highest BCUT2D eigenvalue weighted by atomic mass is 16.3. The lowest BCUT2D eigenvalue weighted by atomic mass is 10.1. The fourth-order valence-electron chi connectivity index (χ4n) is 1.79. The third-order valence-corrected chi connectivity index (χ3v) is 2.83. The fourth-order valence-corrected chi connectivity index (χ4v) is 1.79. The molecule has 0 saturated carbocycles. The summed E-state index contributed by atoms with van der Waals surface area (Å²) >= 11 is 0. The second-order valence-corrected chi connectivity index (χ2v) is 4.48. The molecule has 21 heavy (non-hydrogen) atoms. The maximum atomic E-state index is 12.2.